The normalized spacial score (nSPS) is 24.6. The van der Waals surface area contributed by atoms with E-state index in [0.29, 0.717) is 5.69 Å². The lowest BCUT2D eigenvalue weighted by Gasteiger charge is -2.44. The van der Waals surface area contributed by atoms with Crippen molar-refractivity contribution in [3.63, 3.8) is 0 Å². The smallest absolute Gasteiger partial charge is 0.303 e. The van der Waals surface area contributed by atoms with Crippen LogP contribution >= 0.6 is 23.1 Å². The summed E-state index contributed by atoms with van der Waals surface area (Å²) in [5.74, 6) is -3.23. The monoisotopic (exact) mass is 616 g/mol. The number of anilines is 1. The quantitative estimate of drug-likeness (QED) is 0.244. The molecule has 0 radical (unpaired) electrons. The molecule has 1 saturated heterocycles. The van der Waals surface area contributed by atoms with E-state index in [0.717, 1.165) is 37.4 Å². The van der Waals surface area contributed by atoms with E-state index in [1.165, 1.54) is 23.2 Å². The molecular formula is C28H28N2O10S2. The van der Waals surface area contributed by atoms with Crippen molar-refractivity contribution in [2.75, 3.05) is 11.5 Å². The number of para-hydroxylation sites is 1. The predicted octanol–water partition coefficient (Wildman–Crippen LogP) is 3.31. The van der Waals surface area contributed by atoms with E-state index in [4.69, 9.17) is 23.7 Å². The van der Waals surface area contributed by atoms with Gasteiger partial charge in [-0.05, 0) is 29.7 Å². The fourth-order valence-corrected chi connectivity index (χ4v) is 6.12. The Balaban J connectivity index is 1.77. The third kappa shape index (κ3) is 7.63. The van der Waals surface area contributed by atoms with Crippen molar-refractivity contribution >= 4 is 69.8 Å². The van der Waals surface area contributed by atoms with Crippen LogP contribution in [0.3, 0.4) is 0 Å². The number of hydrogen-bond donors (Lipinski definition) is 0. The summed E-state index contributed by atoms with van der Waals surface area (Å²) in [6, 6.07) is 12.5. The topological polar surface area (TPSA) is 147 Å². The number of hydrogen-bond acceptors (Lipinski definition) is 13. The first-order valence-corrected chi connectivity index (χ1v) is 14.5. The predicted molar refractivity (Wildman–Crippen MR) is 153 cm³/mol. The fraction of sp³-hybridized carbons (Fsp3) is 0.357. The Hall–Kier alpha value is -4.01. The fourth-order valence-electron chi connectivity index (χ4n) is 4.28. The number of thioether (sulfide) groups is 1. The van der Waals surface area contributed by atoms with E-state index in [9.17, 15) is 24.0 Å². The molecule has 0 bridgehead atoms. The molecule has 3 heterocycles. The Labute approximate surface area is 249 Å². The molecule has 42 heavy (non-hydrogen) atoms. The van der Waals surface area contributed by atoms with Crippen molar-refractivity contribution in [3.05, 3.63) is 58.4 Å². The second kappa shape index (κ2) is 13.8. The highest BCUT2D eigenvalue weighted by molar-refractivity contribution is 8.14. The maximum Gasteiger partial charge on any atom is 0.303 e. The molecule has 0 aliphatic carbocycles. The van der Waals surface area contributed by atoms with Crippen LogP contribution in [0.2, 0.25) is 0 Å². The Kier molecular flexibility index (Phi) is 10.1. The van der Waals surface area contributed by atoms with Crippen LogP contribution in [0.4, 0.5) is 5.69 Å². The van der Waals surface area contributed by atoms with Crippen LogP contribution in [-0.2, 0) is 47.7 Å². The Bertz CT molecular complexity index is 1390. The number of amidine groups is 1. The van der Waals surface area contributed by atoms with Crippen LogP contribution in [-0.4, -0.2) is 71.4 Å². The van der Waals surface area contributed by atoms with Crippen LogP contribution in [0.25, 0.3) is 6.08 Å². The van der Waals surface area contributed by atoms with Crippen molar-refractivity contribution in [3.8, 4) is 0 Å². The number of amides is 1. The molecule has 14 heteroatoms. The van der Waals surface area contributed by atoms with Gasteiger partial charge in [-0.1, -0.05) is 36.0 Å². The number of carbonyl (C=O) groups is 5. The van der Waals surface area contributed by atoms with Gasteiger partial charge in [-0.2, -0.15) is 0 Å². The SMILES string of the molecule is CC(=O)OC[C@H]1O[C@@H](SC2=N/C(=C/c3cccs3)C(=O)N2c2ccccc2)[C@H](OC(C)=O)[C@@H](OC(C)=O)[C@@H]1OC(C)=O. The molecule has 222 valence electrons. The molecule has 12 nitrogen and oxygen atoms in total. The highest BCUT2D eigenvalue weighted by atomic mass is 32.2. The Morgan fingerprint density at radius 1 is 0.905 bits per heavy atom. The minimum Gasteiger partial charge on any atom is -0.463 e. The highest BCUT2D eigenvalue weighted by Gasteiger charge is 2.53. The van der Waals surface area contributed by atoms with Crippen LogP contribution in [0.1, 0.15) is 32.6 Å². The third-order valence-corrected chi connectivity index (χ3v) is 7.75. The zero-order chi connectivity index (χ0) is 30.4. The van der Waals surface area contributed by atoms with Crippen molar-refractivity contribution in [1.29, 1.82) is 0 Å². The third-order valence-electron chi connectivity index (χ3n) is 5.84. The number of aliphatic imine (C=N–C) groups is 1. The molecule has 0 unspecified atom stereocenters. The molecule has 0 spiro atoms. The molecule has 1 aromatic carbocycles. The van der Waals surface area contributed by atoms with Crippen molar-refractivity contribution in [2.45, 2.75) is 57.5 Å². The minimum absolute atomic E-state index is 0.162. The lowest BCUT2D eigenvalue weighted by molar-refractivity contribution is -0.237. The van der Waals surface area contributed by atoms with Crippen LogP contribution < -0.4 is 4.90 Å². The van der Waals surface area contributed by atoms with Gasteiger partial charge in [-0.3, -0.25) is 28.9 Å². The summed E-state index contributed by atoms with van der Waals surface area (Å²) in [4.78, 5) is 68.4. The Morgan fingerprint density at radius 3 is 2.14 bits per heavy atom. The van der Waals surface area contributed by atoms with Gasteiger partial charge in [0.25, 0.3) is 5.91 Å². The summed E-state index contributed by atoms with van der Waals surface area (Å²) in [5, 5.41) is 2.06. The molecular weight excluding hydrogens is 588 g/mol. The van der Waals surface area contributed by atoms with Gasteiger partial charge in [-0.25, -0.2) is 4.99 Å². The highest BCUT2D eigenvalue weighted by Crippen LogP contribution is 2.38. The number of nitrogens with zero attached hydrogens (tertiary/aromatic N) is 2. The summed E-state index contributed by atoms with van der Waals surface area (Å²) in [5.41, 5.74) is -0.465. The maximum absolute atomic E-state index is 13.6. The van der Waals surface area contributed by atoms with Gasteiger partial charge in [-0.15, -0.1) is 11.3 Å². The minimum atomic E-state index is -1.34. The number of carbonyl (C=O) groups excluding carboxylic acids is 5. The van der Waals surface area contributed by atoms with Gasteiger partial charge in [0.15, 0.2) is 28.9 Å². The zero-order valence-electron chi connectivity index (χ0n) is 23.1. The first kappa shape index (κ1) is 30.9. The van der Waals surface area contributed by atoms with E-state index < -0.39 is 59.6 Å². The molecule has 2 aliphatic heterocycles. The second-order valence-electron chi connectivity index (χ2n) is 9.10. The number of thiophene rings is 1. The number of esters is 4. The largest absolute Gasteiger partial charge is 0.463 e. The molecule has 5 atom stereocenters. The van der Waals surface area contributed by atoms with Gasteiger partial charge in [0.2, 0.25) is 0 Å². The number of rotatable bonds is 8. The van der Waals surface area contributed by atoms with Crippen LogP contribution in [0.5, 0.6) is 0 Å². The maximum atomic E-state index is 13.6. The lowest BCUT2D eigenvalue weighted by Crippen LogP contribution is -2.61. The van der Waals surface area contributed by atoms with E-state index in [2.05, 4.69) is 4.99 Å². The Morgan fingerprint density at radius 2 is 1.55 bits per heavy atom. The van der Waals surface area contributed by atoms with Crippen LogP contribution in [0, 0.1) is 0 Å². The first-order valence-electron chi connectivity index (χ1n) is 12.7. The first-order chi connectivity index (χ1) is 20.0. The van der Waals surface area contributed by atoms with Gasteiger partial charge in [0.05, 0.1) is 5.69 Å². The van der Waals surface area contributed by atoms with Crippen LogP contribution in [0.15, 0.2) is 58.5 Å². The summed E-state index contributed by atoms with van der Waals surface area (Å²) in [6.07, 6.45) is -3.42. The van der Waals surface area contributed by atoms with Crippen molar-refractivity contribution < 1.29 is 47.7 Å². The van der Waals surface area contributed by atoms with Gasteiger partial charge < -0.3 is 23.7 Å². The summed E-state index contributed by atoms with van der Waals surface area (Å²) >= 11 is 2.37. The molecule has 2 aliphatic rings. The molecule has 1 amide bonds. The molecule has 1 aromatic heterocycles. The average molecular weight is 617 g/mol. The number of ether oxygens (including phenoxy) is 5. The van der Waals surface area contributed by atoms with E-state index in [1.807, 2.05) is 17.5 Å². The van der Waals surface area contributed by atoms with Gasteiger partial charge in [0.1, 0.15) is 18.4 Å². The second-order valence-corrected chi connectivity index (χ2v) is 11.1. The molecule has 4 rings (SSSR count). The summed E-state index contributed by atoms with van der Waals surface area (Å²) in [6.45, 7) is 4.28. The van der Waals surface area contributed by atoms with E-state index >= 15 is 0 Å². The van der Waals surface area contributed by atoms with E-state index in [-0.39, 0.29) is 17.5 Å². The molecule has 0 saturated carbocycles. The van der Waals surface area contributed by atoms with Gasteiger partial charge in [0, 0.05) is 32.6 Å². The molecule has 0 N–H and O–H groups in total. The zero-order valence-corrected chi connectivity index (χ0v) is 24.7. The average Bonchev–Trinajstić information content (AvgIpc) is 3.54. The standard InChI is InChI=1S/C28H28N2O10S2/c1-15(31)36-14-22-23(37-16(2)32)24(38-17(3)33)25(39-18(4)34)27(40-22)42-28-29-21(13-20-11-8-12-41-20)26(35)30(28)19-9-6-5-7-10-19/h5-13,22-25,27H,14H2,1-4H3/b21-13+/t22-,23-,24+,25-,27+/m1/s1. The van der Waals surface area contributed by atoms with E-state index in [1.54, 1.807) is 36.4 Å². The molecule has 1 fully saturated rings. The van der Waals surface area contributed by atoms with Crippen molar-refractivity contribution in [2.24, 2.45) is 4.99 Å². The number of benzene rings is 1. The lowest BCUT2D eigenvalue weighted by atomic mass is 9.99. The molecule has 2 aromatic rings. The summed E-state index contributed by atoms with van der Waals surface area (Å²) in [7, 11) is 0. The summed E-state index contributed by atoms with van der Waals surface area (Å²) < 4.78 is 27.9. The van der Waals surface area contributed by atoms with Gasteiger partial charge >= 0.3 is 23.9 Å². The van der Waals surface area contributed by atoms with Crippen molar-refractivity contribution in [1.82, 2.24) is 0 Å².